The van der Waals surface area contributed by atoms with E-state index in [1.807, 2.05) is 6.07 Å². The number of halogens is 1. The van der Waals surface area contributed by atoms with Crippen LogP contribution in [0.25, 0.3) is 21.8 Å². The van der Waals surface area contributed by atoms with E-state index in [1.165, 1.54) is 0 Å². The zero-order valence-electron chi connectivity index (χ0n) is 20.8. The Hall–Kier alpha value is -3.07. The van der Waals surface area contributed by atoms with Gasteiger partial charge < -0.3 is 24.5 Å². The van der Waals surface area contributed by atoms with Crippen molar-refractivity contribution >= 4 is 45.4 Å². The van der Waals surface area contributed by atoms with Crippen LogP contribution in [-0.2, 0) is 9.53 Å². The molecule has 1 aromatic carbocycles. The Balaban J connectivity index is 1.57. The number of hydrogen-bond donors (Lipinski definition) is 2. The van der Waals surface area contributed by atoms with Crippen LogP contribution in [0.2, 0.25) is 5.02 Å². The molecule has 1 saturated carbocycles. The zero-order valence-corrected chi connectivity index (χ0v) is 21.6. The summed E-state index contributed by atoms with van der Waals surface area (Å²) < 4.78 is 12.4. The minimum atomic E-state index is -1.17. The Kier molecular flexibility index (Phi) is 6.34. The van der Waals surface area contributed by atoms with Crippen LogP contribution in [0, 0.1) is 6.92 Å². The molecule has 2 amide bonds. The van der Waals surface area contributed by atoms with Gasteiger partial charge in [0.25, 0.3) is 5.56 Å². The van der Waals surface area contributed by atoms with Crippen molar-refractivity contribution in [3.63, 3.8) is 0 Å². The summed E-state index contributed by atoms with van der Waals surface area (Å²) in [6.07, 6.45) is 1.29. The first-order chi connectivity index (χ1) is 16.3. The van der Waals surface area contributed by atoms with Crippen molar-refractivity contribution in [2.45, 2.75) is 84.0 Å². The molecule has 9 nitrogen and oxygen atoms in total. The summed E-state index contributed by atoms with van der Waals surface area (Å²) in [6, 6.07) is 5.12. The number of pyridine rings is 1. The van der Waals surface area contributed by atoms with Crippen LogP contribution in [0.5, 0.6) is 0 Å². The van der Waals surface area contributed by atoms with E-state index in [-0.39, 0.29) is 23.6 Å². The highest BCUT2D eigenvalue weighted by Crippen LogP contribution is 2.36. The molecular weight excluding hydrogens is 472 g/mol. The third-order valence-corrected chi connectivity index (χ3v) is 6.58. The molecule has 0 radical (unpaired) electrons. The van der Waals surface area contributed by atoms with Gasteiger partial charge in [0.15, 0.2) is 0 Å². The second kappa shape index (κ2) is 8.86. The van der Waals surface area contributed by atoms with Gasteiger partial charge in [-0.2, -0.15) is 0 Å². The number of carbonyl (C=O) groups is 2. The summed E-state index contributed by atoms with van der Waals surface area (Å²) >= 11 is 6.51. The molecule has 3 aromatic rings. The first kappa shape index (κ1) is 25.0. The number of alkyl carbamates (subject to hydrolysis) is 1. The highest BCUT2D eigenvalue weighted by molar-refractivity contribution is 6.37. The number of benzene rings is 1. The highest BCUT2D eigenvalue weighted by Gasteiger charge is 2.36. The van der Waals surface area contributed by atoms with Crippen molar-refractivity contribution < 1.29 is 18.8 Å². The number of hydrogen-bond acceptors (Lipinski definition) is 6. The van der Waals surface area contributed by atoms with Crippen molar-refractivity contribution in [1.29, 1.82) is 0 Å². The van der Waals surface area contributed by atoms with Crippen molar-refractivity contribution in [1.82, 2.24) is 20.4 Å². The maximum atomic E-state index is 13.5. The maximum absolute atomic E-state index is 13.5. The van der Waals surface area contributed by atoms with Crippen LogP contribution >= 0.6 is 11.6 Å². The molecule has 0 saturated heterocycles. The monoisotopic (exact) mass is 502 g/mol. The fourth-order valence-electron chi connectivity index (χ4n) is 4.64. The second-order valence-corrected chi connectivity index (χ2v) is 11.1. The number of aryl methyl sites for hydroxylation is 1. The van der Waals surface area contributed by atoms with Crippen LogP contribution in [0.15, 0.2) is 27.5 Å². The first-order valence-corrected chi connectivity index (χ1v) is 12.1. The van der Waals surface area contributed by atoms with Crippen LogP contribution in [0.4, 0.5) is 4.79 Å². The topological polar surface area (TPSA) is 115 Å². The minimum Gasteiger partial charge on any atom is -0.444 e. The van der Waals surface area contributed by atoms with Gasteiger partial charge >= 0.3 is 6.09 Å². The second-order valence-electron chi connectivity index (χ2n) is 10.7. The molecule has 2 N–H and O–H groups in total. The van der Waals surface area contributed by atoms with E-state index in [2.05, 4.69) is 15.8 Å². The predicted octanol–water partition coefficient (Wildman–Crippen LogP) is 4.62. The Morgan fingerprint density at radius 1 is 1.17 bits per heavy atom. The third-order valence-electron chi connectivity index (χ3n) is 6.27. The van der Waals surface area contributed by atoms with Crippen LogP contribution in [0.3, 0.4) is 0 Å². The smallest absolute Gasteiger partial charge is 0.408 e. The molecule has 1 fully saturated rings. The van der Waals surface area contributed by atoms with Crippen molar-refractivity contribution in [3.05, 3.63) is 39.3 Å². The fourth-order valence-corrected chi connectivity index (χ4v) is 4.90. The molecule has 10 heteroatoms. The molecule has 0 aliphatic heterocycles. The molecule has 1 aliphatic rings. The SMILES string of the molecule is Cc1onc2c1c(=O)n(C1CCC(NC(=O)C(C)(C)NC(=O)OC(C)(C)C)C1)c1cccc(Cl)c21. The van der Waals surface area contributed by atoms with E-state index in [4.69, 9.17) is 20.9 Å². The standard InChI is InChI=1S/C25H31ClN4O5/c1-13-18-20(29-35-13)19-16(26)8-7-9-17(19)30(21(18)31)15-11-10-14(12-15)27-22(32)25(5,6)28-23(33)34-24(2,3)4/h7-9,14-15H,10-12H2,1-6H3,(H,27,32)(H,28,33). The fraction of sp³-hybridized carbons (Fsp3) is 0.520. The number of ether oxygens (including phenoxy) is 1. The van der Waals surface area contributed by atoms with Gasteiger partial charge in [-0.15, -0.1) is 0 Å². The summed E-state index contributed by atoms with van der Waals surface area (Å²) in [4.78, 5) is 38.7. The molecule has 2 unspecified atom stereocenters. The molecule has 2 heterocycles. The van der Waals surface area contributed by atoms with Gasteiger partial charge in [-0.3, -0.25) is 9.59 Å². The number of aromatic nitrogens is 2. The highest BCUT2D eigenvalue weighted by atomic mass is 35.5. The lowest BCUT2D eigenvalue weighted by atomic mass is 10.0. The van der Waals surface area contributed by atoms with Crippen LogP contribution in [0.1, 0.15) is 65.7 Å². The molecule has 0 spiro atoms. The van der Waals surface area contributed by atoms with E-state index in [0.717, 1.165) is 0 Å². The number of rotatable bonds is 4. The van der Waals surface area contributed by atoms with Gasteiger partial charge in [-0.25, -0.2) is 4.79 Å². The van der Waals surface area contributed by atoms with Gasteiger partial charge in [0.1, 0.15) is 27.8 Å². The van der Waals surface area contributed by atoms with Crippen molar-refractivity contribution in [3.8, 4) is 0 Å². The molecule has 2 aromatic heterocycles. The number of nitrogens with one attached hydrogen (secondary N) is 2. The molecule has 2 atom stereocenters. The third kappa shape index (κ3) is 4.87. The van der Waals surface area contributed by atoms with Gasteiger partial charge in [0.2, 0.25) is 5.91 Å². The number of amides is 2. The van der Waals surface area contributed by atoms with E-state index >= 15 is 0 Å². The predicted molar refractivity (Wildman–Crippen MR) is 134 cm³/mol. The van der Waals surface area contributed by atoms with E-state index in [1.54, 1.807) is 58.2 Å². The molecule has 1 aliphatic carbocycles. The first-order valence-electron chi connectivity index (χ1n) is 11.7. The molecule has 188 valence electrons. The lowest BCUT2D eigenvalue weighted by molar-refractivity contribution is -0.127. The summed E-state index contributed by atoms with van der Waals surface area (Å²) in [5.74, 6) is 0.123. The maximum Gasteiger partial charge on any atom is 0.408 e. The quantitative estimate of drug-likeness (QED) is 0.538. The van der Waals surface area contributed by atoms with Crippen LogP contribution < -0.4 is 16.2 Å². The van der Waals surface area contributed by atoms with E-state index < -0.39 is 17.2 Å². The van der Waals surface area contributed by atoms with Gasteiger partial charge in [0.05, 0.1) is 10.5 Å². The van der Waals surface area contributed by atoms with Crippen molar-refractivity contribution in [2.24, 2.45) is 0 Å². The largest absolute Gasteiger partial charge is 0.444 e. The van der Waals surface area contributed by atoms with Crippen molar-refractivity contribution in [2.75, 3.05) is 0 Å². The lowest BCUT2D eigenvalue weighted by Gasteiger charge is -2.29. The van der Waals surface area contributed by atoms with Gasteiger partial charge in [-0.1, -0.05) is 22.8 Å². The summed E-state index contributed by atoms with van der Waals surface area (Å²) in [5.41, 5.74) is -0.875. The average molecular weight is 503 g/mol. The Bertz CT molecular complexity index is 1370. The number of fused-ring (bicyclic) bond motifs is 3. The minimum absolute atomic E-state index is 0.144. The Morgan fingerprint density at radius 2 is 1.89 bits per heavy atom. The number of carbonyl (C=O) groups excluding carboxylic acids is 2. The van der Waals surface area contributed by atoms with Gasteiger partial charge in [0, 0.05) is 17.5 Å². The molecule has 4 rings (SSSR count). The average Bonchev–Trinajstić information content (AvgIpc) is 3.33. The Labute approximate surface area is 208 Å². The summed E-state index contributed by atoms with van der Waals surface area (Å²) in [5, 5.41) is 11.3. The molecule has 0 bridgehead atoms. The van der Waals surface area contributed by atoms with E-state index in [0.29, 0.717) is 51.9 Å². The van der Waals surface area contributed by atoms with E-state index in [9.17, 15) is 14.4 Å². The van der Waals surface area contributed by atoms with Crippen LogP contribution in [-0.4, -0.2) is 38.9 Å². The normalized spacial score (nSPS) is 18.7. The Morgan fingerprint density at radius 3 is 2.57 bits per heavy atom. The summed E-state index contributed by atoms with van der Waals surface area (Å²) in [6.45, 7) is 10.2. The lowest BCUT2D eigenvalue weighted by Crippen LogP contribution is -2.57. The number of nitrogens with zero attached hydrogens (tertiary/aromatic N) is 2. The molecular formula is C25H31ClN4O5. The summed E-state index contributed by atoms with van der Waals surface area (Å²) in [7, 11) is 0. The zero-order chi connectivity index (χ0) is 25.7. The van der Waals surface area contributed by atoms with Gasteiger partial charge in [-0.05, 0) is 72.9 Å². The molecule has 35 heavy (non-hydrogen) atoms.